The summed E-state index contributed by atoms with van der Waals surface area (Å²) in [4.78, 5) is 39.6. The van der Waals surface area contributed by atoms with Crippen LogP contribution in [0.5, 0.6) is 0 Å². The third kappa shape index (κ3) is 5.39. The van der Waals surface area contributed by atoms with Crippen molar-refractivity contribution < 1.29 is 23.5 Å². The molecule has 0 radical (unpaired) electrons. The number of benzene rings is 1. The Hall–Kier alpha value is -3.24. The number of anilines is 1. The highest BCUT2D eigenvalue weighted by molar-refractivity contribution is 6.31. The summed E-state index contributed by atoms with van der Waals surface area (Å²) in [5.74, 6) is 0.694. The van der Waals surface area contributed by atoms with Crippen LogP contribution >= 0.6 is 11.6 Å². The van der Waals surface area contributed by atoms with Crippen molar-refractivity contribution in [2.75, 3.05) is 38.4 Å². The largest absolute Gasteiger partial charge is 0.446 e. The summed E-state index contributed by atoms with van der Waals surface area (Å²) in [7, 11) is 1.62. The maximum Gasteiger partial charge on any atom is 0.410 e. The number of hydrogen-bond acceptors (Lipinski definition) is 6. The molecule has 2 amide bonds. The molecule has 1 spiro atoms. The number of unbranched alkanes of at least 4 members (excludes halogenated alkanes) is 1. The van der Waals surface area contributed by atoms with E-state index in [1.54, 1.807) is 35.4 Å². The van der Waals surface area contributed by atoms with Gasteiger partial charge in [-0.25, -0.2) is 9.78 Å². The number of amides is 2. The number of halogens is 2. The van der Waals surface area contributed by atoms with Crippen LogP contribution in [0, 0.1) is 0 Å². The molecule has 3 aromatic rings. The van der Waals surface area contributed by atoms with Gasteiger partial charge >= 0.3 is 6.09 Å². The van der Waals surface area contributed by atoms with Crippen molar-refractivity contribution in [1.29, 1.82) is 0 Å². The fourth-order valence-corrected chi connectivity index (χ4v) is 5.98. The number of pyridine rings is 1. The third-order valence-corrected chi connectivity index (χ3v) is 8.26. The highest BCUT2D eigenvalue weighted by atomic mass is 35.5. The highest BCUT2D eigenvalue weighted by Gasteiger charge is 2.53. The number of rotatable bonds is 10. The number of aromatic nitrogens is 3. The summed E-state index contributed by atoms with van der Waals surface area (Å²) < 4.78 is 25.6. The van der Waals surface area contributed by atoms with Gasteiger partial charge in [-0.3, -0.25) is 14.2 Å². The molecule has 11 heteroatoms. The molecule has 40 heavy (non-hydrogen) atoms. The molecular weight excluding hydrogens is 537 g/mol. The summed E-state index contributed by atoms with van der Waals surface area (Å²) in [6.45, 7) is 3.64. The molecule has 0 N–H and O–H groups in total. The van der Waals surface area contributed by atoms with E-state index in [-0.39, 0.29) is 31.3 Å². The van der Waals surface area contributed by atoms with E-state index in [1.807, 2.05) is 29.7 Å². The average Bonchev–Trinajstić information content (AvgIpc) is 3.40. The van der Waals surface area contributed by atoms with E-state index in [4.69, 9.17) is 26.1 Å². The molecule has 1 fully saturated rings. The number of nitrogens with zero attached hydrogens (tertiary/aromatic N) is 5. The second-order valence-corrected chi connectivity index (χ2v) is 11.0. The van der Waals surface area contributed by atoms with Gasteiger partial charge in [0.25, 0.3) is 0 Å². The zero-order chi connectivity index (χ0) is 28.3. The van der Waals surface area contributed by atoms with Crippen molar-refractivity contribution in [2.45, 2.75) is 63.6 Å². The number of aryl methyl sites for hydroxylation is 1. The van der Waals surface area contributed by atoms with Crippen LogP contribution in [-0.2, 0) is 32.8 Å². The molecule has 214 valence electrons. The van der Waals surface area contributed by atoms with Crippen LogP contribution in [0.1, 0.15) is 50.4 Å². The summed E-state index contributed by atoms with van der Waals surface area (Å²) >= 11 is 6.29. The molecule has 5 rings (SSSR count). The molecule has 2 aromatic heterocycles. The van der Waals surface area contributed by atoms with Crippen molar-refractivity contribution in [3.8, 4) is 0 Å². The standard InChI is InChI=1S/C29H35ClFN5O4/c1-20(8-16-39-2)40-28(38)34-14-9-29(10-15-34)22-7-12-32-18-25(22)36(27(29)37)19-26-33-23-6-5-21(30)17-24(23)35(26)13-4-3-11-31/h5-7,12,17-18,20H,3-4,8-11,13-16,19H2,1-2H3. The maximum absolute atomic E-state index is 14.2. The number of hydrogen-bond donors (Lipinski definition) is 0. The van der Waals surface area contributed by atoms with Crippen molar-refractivity contribution in [3.05, 3.63) is 53.1 Å². The van der Waals surface area contributed by atoms with Crippen molar-refractivity contribution in [1.82, 2.24) is 19.4 Å². The van der Waals surface area contributed by atoms with Gasteiger partial charge in [-0.05, 0) is 62.4 Å². The first-order valence-corrected chi connectivity index (χ1v) is 14.2. The predicted molar refractivity (Wildman–Crippen MR) is 150 cm³/mol. The lowest BCUT2D eigenvalue weighted by Crippen LogP contribution is -2.50. The molecule has 0 bridgehead atoms. The quantitative estimate of drug-likeness (QED) is 0.308. The summed E-state index contributed by atoms with van der Waals surface area (Å²) in [6, 6.07) is 7.42. The first-order chi connectivity index (χ1) is 19.4. The van der Waals surface area contributed by atoms with Gasteiger partial charge in [-0.15, -0.1) is 0 Å². The van der Waals surface area contributed by atoms with Crippen LogP contribution in [0.4, 0.5) is 14.9 Å². The van der Waals surface area contributed by atoms with Crippen molar-refractivity contribution in [3.63, 3.8) is 0 Å². The lowest BCUT2D eigenvalue weighted by atomic mass is 9.74. The molecule has 0 aliphatic carbocycles. The molecular formula is C29H35ClFN5O4. The SMILES string of the molecule is COCCC(C)OC(=O)N1CCC2(CC1)C(=O)N(Cc1nc3ccc(Cl)cc3n1CCCCF)c1cnccc12. The van der Waals surface area contributed by atoms with Crippen LogP contribution in [0.2, 0.25) is 5.02 Å². The molecule has 2 aliphatic rings. The fraction of sp³-hybridized carbons (Fsp3) is 0.517. The monoisotopic (exact) mass is 571 g/mol. The minimum atomic E-state index is -0.745. The topological polar surface area (TPSA) is 89.8 Å². The smallest absolute Gasteiger partial charge is 0.410 e. The van der Waals surface area contributed by atoms with Gasteiger partial charge in [-0.2, -0.15) is 0 Å². The van der Waals surface area contributed by atoms with Crippen LogP contribution in [0.3, 0.4) is 0 Å². The average molecular weight is 572 g/mol. The minimum absolute atomic E-state index is 0.0163. The molecule has 1 saturated heterocycles. The Labute approximate surface area is 238 Å². The number of methoxy groups -OCH3 is 1. The molecule has 9 nitrogen and oxygen atoms in total. The molecule has 1 aromatic carbocycles. The number of likely N-dealkylation sites (tertiary alicyclic amines) is 1. The van der Waals surface area contributed by atoms with E-state index in [9.17, 15) is 14.0 Å². The first-order valence-electron chi connectivity index (χ1n) is 13.8. The van der Waals surface area contributed by atoms with E-state index >= 15 is 0 Å². The summed E-state index contributed by atoms with van der Waals surface area (Å²) in [5, 5.41) is 0.592. The van der Waals surface area contributed by atoms with Gasteiger partial charge in [-0.1, -0.05) is 11.6 Å². The number of carbonyl (C=O) groups is 2. The number of piperidine rings is 1. The molecule has 1 atom stereocenters. The highest BCUT2D eigenvalue weighted by Crippen LogP contribution is 2.48. The molecule has 1 unspecified atom stereocenters. The molecule has 4 heterocycles. The lowest BCUT2D eigenvalue weighted by molar-refractivity contribution is -0.125. The zero-order valence-electron chi connectivity index (χ0n) is 22.9. The summed E-state index contributed by atoms with van der Waals surface area (Å²) in [6.07, 6.45) is 5.52. The Morgan fingerprint density at radius 2 is 2.02 bits per heavy atom. The second kappa shape index (κ2) is 12.1. The van der Waals surface area contributed by atoms with Crippen LogP contribution in [-0.4, -0.2) is 71.0 Å². The van der Waals surface area contributed by atoms with E-state index < -0.39 is 5.41 Å². The fourth-order valence-electron chi connectivity index (χ4n) is 5.81. The van der Waals surface area contributed by atoms with Gasteiger partial charge in [0, 0.05) is 51.0 Å². The number of fused-ring (bicyclic) bond motifs is 3. The molecule has 0 saturated carbocycles. The van der Waals surface area contributed by atoms with Crippen molar-refractivity contribution >= 4 is 40.3 Å². The number of carbonyl (C=O) groups excluding carboxylic acids is 2. The Morgan fingerprint density at radius 3 is 2.77 bits per heavy atom. The number of imidazole rings is 1. The van der Waals surface area contributed by atoms with Crippen LogP contribution in [0.25, 0.3) is 11.0 Å². The third-order valence-electron chi connectivity index (χ3n) is 8.02. The van der Waals surface area contributed by atoms with Crippen LogP contribution in [0.15, 0.2) is 36.7 Å². The van der Waals surface area contributed by atoms with Gasteiger partial charge < -0.3 is 23.8 Å². The summed E-state index contributed by atoms with van der Waals surface area (Å²) in [5.41, 5.74) is 2.58. The second-order valence-electron chi connectivity index (χ2n) is 10.5. The Balaban J connectivity index is 1.38. The van der Waals surface area contributed by atoms with Crippen LogP contribution < -0.4 is 4.90 Å². The van der Waals surface area contributed by atoms with E-state index in [2.05, 4.69) is 4.98 Å². The Bertz CT molecular complexity index is 1370. The normalized spacial score (nSPS) is 17.1. The maximum atomic E-state index is 14.2. The lowest BCUT2D eigenvalue weighted by Gasteiger charge is -2.38. The van der Waals surface area contributed by atoms with E-state index in [1.165, 1.54) is 0 Å². The molecule has 2 aliphatic heterocycles. The Morgan fingerprint density at radius 1 is 1.23 bits per heavy atom. The van der Waals surface area contributed by atoms with Gasteiger partial charge in [0.2, 0.25) is 5.91 Å². The van der Waals surface area contributed by atoms with Crippen molar-refractivity contribution in [2.24, 2.45) is 0 Å². The van der Waals surface area contributed by atoms with E-state index in [0.717, 1.165) is 22.3 Å². The predicted octanol–water partition coefficient (Wildman–Crippen LogP) is 5.28. The number of alkyl halides is 1. The first kappa shape index (κ1) is 28.3. The van der Waals surface area contributed by atoms with Gasteiger partial charge in [0.05, 0.1) is 41.6 Å². The number of ether oxygens (including phenoxy) is 2. The Kier molecular flexibility index (Phi) is 8.56. The van der Waals surface area contributed by atoms with Gasteiger partial charge in [0.15, 0.2) is 0 Å². The van der Waals surface area contributed by atoms with E-state index in [0.29, 0.717) is 69.2 Å². The van der Waals surface area contributed by atoms with Gasteiger partial charge in [0.1, 0.15) is 11.9 Å². The zero-order valence-corrected chi connectivity index (χ0v) is 23.7. The minimum Gasteiger partial charge on any atom is -0.446 e.